The highest BCUT2D eigenvalue weighted by Crippen LogP contribution is 2.46. The summed E-state index contributed by atoms with van der Waals surface area (Å²) in [7, 11) is -31.6. The number of hydrogen-bond acceptors (Lipinski definition) is 33. The van der Waals surface area contributed by atoms with E-state index >= 15 is 0 Å². The number of halogens is 2. The number of rotatable bonds is 23. The molecule has 518 valence electrons. The molecule has 9 rings (SSSR count). The van der Waals surface area contributed by atoms with Gasteiger partial charge in [0.1, 0.15) is 52.8 Å². The molecule has 0 aliphatic carbocycles. The highest BCUT2D eigenvalue weighted by molar-refractivity contribution is 7.87. The van der Waals surface area contributed by atoms with Gasteiger partial charge in [-0.1, -0.05) is 0 Å². The van der Waals surface area contributed by atoms with E-state index in [9.17, 15) is 97.6 Å². The van der Waals surface area contributed by atoms with Crippen molar-refractivity contribution in [2.24, 2.45) is 36.4 Å². The number of carbonyl (C=O) groups excluding carboxylic acids is 1. The number of phenols is 1. The fourth-order valence-electron chi connectivity index (χ4n) is 9.34. The summed E-state index contributed by atoms with van der Waals surface area (Å²) in [5, 5.41) is 50.5. The standard InChI is InChI=1S/C49H45Cl2N19O22S6/c1-3-70-42(73)36(41(52)72)22(2)37(43(70)74)66-65-31-20-30(33(95(81,82)83)21-34(31)96(84,85)86)55-47-57-44(50)56-46(60-47)53-12-13-68-14-16-69(17-15-68)49-59-45(51)58-48(61-49)54-29-11-9-26-27(40(29)98(90,91)92)19-35(97(87,88)89)38(39(26)71)67-64-28-10-6-24(18-32(28)94(78,79)80)63-62-23-4-7-25(8-5-23)93(75,76)77/h4-11,18-21,71,74H,3,12-17H2,1-2H3,(H2,52,72)(H,75,76,77)(H,78,79,80)(H,81,82,83)(H,84,85,86)(H,87,88,89)(H,90,91,92)(H,54,58,59,61)(H2,53,55,56,57,60)/b63-62+,66-65+,67-64+. The molecule has 1 fully saturated rings. The summed E-state index contributed by atoms with van der Waals surface area (Å²) < 4.78 is 212. The van der Waals surface area contributed by atoms with Crippen LogP contribution in [0.4, 0.5) is 69.3 Å². The maximum absolute atomic E-state index is 13.2. The van der Waals surface area contributed by atoms with Gasteiger partial charge in [0.15, 0.2) is 5.75 Å². The predicted molar refractivity (Wildman–Crippen MR) is 341 cm³/mol. The lowest BCUT2D eigenvalue weighted by Gasteiger charge is -2.34. The van der Waals surface area contributed by atoms with Crippen molar-refractivity contribution >= 4 is 170 Å². The molecule has 1 aliphatic heterocycles. The lowest BCUT2D eigenvalue weighted by atomic mass is 10.1. The van der Waals surface area contributed by atoms with Gasteiger partial charge in [-0.25, -0.2) is 0 Å². The second-order valence-corrected chi connectivity index (χ2v) is 29.1. The monoisotopic (exact) mass is 1510 g/mol. The molecule has 3 aromatic heterocycles. The van der Waals surface area contributed by atoms with Gasteiger partial charge in [0.25, 0.3) is 72.2 Å². The van der Waals surface area contributed by atoms with Crippen LogP contribution >= 0.6 is 23.2 Å². The highest BCUT2D eigenvalue weighted by atomic mass is 35.5. The summed E-state index contributed by atoms with van der Waals surface area (Å²) in [6.45, 7) is 3.79. The number of piperazine rings is 1. The van der Waals surface area contributed by atoms with Crippen LogP contribution in [0.15, 0.2) is 138 Å². The third-order valence-corrected chi connectivity index (χ3v) is 19.5. The first-order chi connectivity index (χ1) is 45.6. The van der Waals surface area contributed by atoms with Crippen LogP contribution in [0, 0.1) is 6.92 Å². The number of fused-ring (bicyclic) bond motifs is 1. The first kappa shape index (κ1) is 72.7. The Kier molecular flexibility index (Phi) is 20.6. The largest absolute Gasteiger partial charge is 0.505 e. The zero-order valence-electron chi connectivity index (χ0n) is 49.2. The quantitative estimate of drug-likeness (QED) is 0.0259. The average Bonchev–Trinajstić information content (AvgIpc) is 0.744. The first-order valence-electron chi connectivity index (χ1n) is 26.8. The van der Waals surface area contributed by atoms with Gasteiger partial charge in [-0.3, -0.25) is 46.4 Å². The topological polar surface area (TPSA) is 626 Å². The molecule has 5 aromatic carbocycles. The normalized spacial score (nSPS) is 13.9. The molecule has 0 radical (unpaired) electrons. The molecule has 1 saturated heterocycles. The second-order valence-electron chi connectivity index (χ2n) is 20.1. The maximum Gasteiger partial charge on any atom is 0.297 e. The van der Waals surface area contributed by atoms with Crippen molar-refractivity contribution in [3.8, 4) is 11.6 Å². The zero-order chi connectivity index (χ0) is 71.9. The number of pyridine rings is 1. The van der Waals surface area contributed by atoms with E-state index in [2.05, 4.69) is 76.5 Å². The minimum atomic E-state index is -5.55. The Hall–Kier alpha value is -9.60. The van der Waals surface area contributed by atoms with Crippen LogP contribution in [0.5, 0.6) is 11.6 Å². The lowest BCUT2D eigenvalue weighted by Crippen LogP contribution is -2.48. The van der Waals surface area contributed by atoms with E-state index in [0.29, 0.717) is 35.9 Å². The van der Waals surface area contributed by atoms with E-state index in [1.165, 1.54) is 13.8 Å². The maximum atomic E-state index is 13.2. The van der Waals surface area contributed by atoms with E-state index in [1.807, 2.05) is 4.90 Å². The minimum Gasteiger partial charge on any atom is -0.505 e. The van der Waals surface area contributed by atoms with Gasteiger partial charge in [0.05, 0.1) is 27.6 Å². The first-order valence-corrected chi connectivity index (χ1v) is 36.2. The number of benzene rings is 5. The molecule has 0 bridgehead atoms. The molecule has 1 aliphatic rings. The fraction of sp³-hybridized carbons (Fsp3) is 0.184. The highest BCUT2D eigenvalue weighted by Gasteiger charge is 2.31. The van der Waals surface area contributed by atoms with Crippen molar-refractivity contribution in [3.63, 3.8) is 0 Å². The number of phenolic OH excluding ortho intramolecular Hbond substituents is 1. The number of amides is 1. The van der Waals surface area contributed by atoms with Gasteiger partial charge in [-0.2, -0.15) is 90.6 Å². The van der Waals surface area contributed by atoms with Crippen LogP contribution < -0.4 is 32.1 Å². The van der Waals surface area contributed by atoms with Crippen molar-refractivity contribution in [2.75, 3.05) is 60.1 Å². The van der Waals surface area contributed by atoms with Crippen molar-refractivity contribution in [2.45, 2.75) is 49.8 Å². The van der Waals surface area contributed by atoms with E-state index < -0.39 is 186 Å². The third kappa shape index (κ3) is 16.5. The molecule has 0 unspecified atom stereocenters. The van der Waals surface area contributed by atoms with Crippen LogP contribution in [0.3, 0.4) is 0 Å². The molecule has 1 amide bonds. The summed E-state index contributed by atoms with van der Waals surface area (Å²) in [6, 6.07) is 10.4. The van der Waals surface area contributed by atoms with Crippen LogP contribution in [-0.2, 0) is 67.3 Å². The number of anilines is 6. The smallest absolute Gasteiger partial charge is 0.297 e. The van der Waals surface area contributed by atoms with Gasteiger partial charge in [0, 0.05) is 62.1 Å². The Morgan fingerprint density at radius 2 is 1.11 bits per heavy atom. The number of nitrogens with zero attached hydrogens (tertiary/aromatic N) is 15. The lowest BCUT2D eigenvalue weighted by molar-refractivity contribution is 0.0997. The summed E-state index contributed by atoms with van der Waals surface area (Å²) in [5.74, 6) is -4.47. The number of nitrogens with two attached hydrogens (primary N) is 1. The Morgan fingerprint density at radius 1 is 0.561 bits per heavy atom. The molecule has 0 spiro atoms. The molecular formula is C49H45Cl2N19O22S6. The molecule has 0 atom stereocenters. The van der Waals surface area contributed by atoms with Crippen molar-refractivity contribution < 1.29 is 92.8 Å². The Bertz CT molecular complexity index is 5520. The molecule has 13 N–H and O–H groups in total. The van der Waals surface area contributed by atoms with Crippen molar-refractivity contribution in [3.05, 3.63) is 105 Å². The van der Waals surface area contributed by atoms with Gasteiger partial charge in [-0.05, 0) is 110 Å². The summed E-state index contributed by atoms with van der Waals surface area (Å²) in [6.07, 6.45) is 0. The van der Waals surface area contributed by atoms with E-state index in [-0.39, 0.29) is 61.6 Å². The van der Waals surface area contributed by atoms with Gasteiger partial charge >= 0.3 is 0 Å². The number of nitrogens with one attached hydrogen (secondary N) is 3. The van der Waals surface area contributed by atoms with E-state index in [1.54, 1.807) is 4.90 Å². The Labute approximate surface area is 561 Å². The molecule has 98 heavy (non-hydrogen) atoms. The second kappa shape index (κ2) is 27.7. The van der Waals surface area contributed by atoms with Crippen LogP contribution in [0.2, 0.25) is 10.6 Å². The van der Waals surface area contributed by atoms with Crippen molar-refractivity contribution in [1.82, 2.24) is 39.4 Å². The summed E-state index contributed by atoms with van der Waals surface area (Å²) >= 11 is 12.5. The number of aromatic nitrogens is 7. The predicted octanol–water partition coefficient (Wildman–Crippen LogP) is 5.96. The SMILES string of the molecule is CCn1c(O)c(/N=N/c2cc(Nc3nc(Cl)nc(NCCN4CCN(c5nc(Cl)nc(Nc6ccc7c(O)c(/N=N/c8ccc(/N=N/c9ccc(S(=O)(=O)O)cc9)cc8S(=O)(=O)O)c(S(=O)(=O)O)cc7c6S(=O)(=O)O)n5)CC4)n3)c(S(=O)(=O)O)cc2S(=O)(=O)O)c(C)c(C(N)=O)c1=O. The van der Waals surface area contributed by atoms with E-state index in [0.717, 1.165) is 54.6 Å². The van der Waals surface area contributed by atoms with Crippen LogP contribution in [0.25, 0.3) is 10.8 Å². The van der Waals surface area contributed by atoms with Gasteiger partial charge in [-0.15, -0.1) is 20.5 Å². The zero-order valence-corrected chi connectivity index (χ0v) is 55.6. The van der Waals surface area contributed by atoms with Crippen LogP contribution in [-0.4, -0.2) is 173 Å². The molecule has 8 aromatic rings. The van der Waals surface area contributed by atoms with Gasteiger partial charge < -0.3 is 36.8 Å². The third-order valence-electron chi connectivity index (χ3n) is 13.8. The fourth-order valence-corrected chi connectivity index (χ4v) is 13.6. The number of aromatic hydroxyl groups is 2. The van der Waals surface area contributed by atoms with E-state index in [4.69, 9.17) is 28.9 Å². The Balaban J connectivity index is 0.902. The molecule has 49 heteroatoms. The van der Waals surface area contributed by atoms with Crippen molar-refractivity contribution in [1.29, 1.82) is 0 Å². The number of carbonyl (C=O) groups is 1. The molecule has 0 saturated carbocycles. The minimum absolute atomic E-state index is 0.0226. The summed E-state index contributed by atoms with van der Waals surface area (Å²) in [5.41, 5.74) is -1.18. The number of primary amides is 1. The molecular weight excluding hydrogens is 1470 g/mol. The van der Waals surface area contributed by atoms with Gasteiger partial charge in [0.2, 0.25) is 40.2 Å². The average molecular weight is 1520 g/mol. The van der Waals surface area contributed by atoms with Crippen LogP contribution in [0.1, 0.15) is 22.8 Å². The number of azo groups is 3. The number of hydrogen-bond donors (Lipinski definition) is 12. The molecule has 4 heterocycles. The Morgan fingerprint density at radius 3 is 1.70 bits per heavy atom. The summed E-state index contributed by atoms with van der Waals surface area (Å²) in [4.78, 5) is 46.8. The molecule has 41 nitrogen and oxygen atoms in total.